The van der Waals surface area contributed by atoms with Crippen LogP contribution in [-0.2, 0) is 9.59 Å². The fraction of sp³-hybridized carbons (Fsp3) is 0.211. The van der Waals surface area contributed by atoms with E-state index >= 15 is 0 Å². The van der Waals surface area contributed by atoms with Crippen LogP contribution in [0.1, 0.15) is 18.4 Å². The van der Waals surface area contributed by atoms with E-state index in [-0.39, 0.29) is 24.7 Å². The molecule has 2 aromatic carbocycles. The van der Waals surface area contributed by atoms with Crippen LogP contribution < -0.4 is 20.2 Å². The van der Waals surface area contributed by atoms with Gasteiger partial charge in [-0.3, -0.25) is 9.59 Å². The number of hydrogen-bond acceptors (Lipinski definition) is 5. The average molecular weight is 434 g/mol. The maximum absolute atomic E-state index is 11.8. The highest BCUT2D eigenvalue weighted by molar-refractivity contribution is 9.10. The predicted molar refractivity (Wildman–Crippen MR) is 107 cm³/mol. The highest BCUT2D eigenvalue weighted by atomic mass is 79.9. The summed E-state index contributed by atoms with van der Waals surface area (Å²) in [6.07, 6.45) is 1.58. The molecule has 0 saturated heterocycles. The molecule has 0 aliphatic carbocycles. The first kappa shape index (κ1) is 20.4. The van der Waals surface area contributed by atoms with Crippen LogP contribution >= 0.6 is 15.9 Å². The minimum atomic E-state index is -0.353. The number of nitrogens with zero attached hydrogens (tertiary/aromatic N) is 1. The van der Waals surface area contributed by atoms with Crippen LogP contribution in [0.2, 0.25) is 0 Å². The smallest absolute Gasteiger partial charge is 0.240 e. The van der Waals surface area contributed by atoms with Crippen molar-refractivity contribution in [3.63, 3.8) is 0 Å². The molecule has 0 radical (unpaired) electrons. The number of halogens is 1. The van der Waals surface area contributed by atoms with Crippen LogP contribution in [0.3, 0.4) is 0 Å². The zero-order valence-electron chi connectivity index (χ0n) is 15.0. The van der Waals surface area contributed by atoms with Crippen LogP contribution in [0.15, 0.2) is 52.0 Å². The molecule has 0 spiro atoms. The van der Waals surface area contributed by atoms with Crippen molar-refractivity contribution in [1.82, 2.24) is 5.43 Å². The third-order valence-electron chi connectivity index (χ3n) is 3.50. The quantitative estimate of drug-likeness (QED) is 0.493. The van der Waals surface area contributed by atoms with E-state index in [9.17, 15) is 9.59 Å². The Morgan fingerprint density at radius 2 is 1.78 bits per heavy atom. The Hall–Kier alpha value is -2.87. The monoisotopic (exact) mass is 433 g/mol. The minimum Gasteiger partial charge on any atom is -0.493 e. The number of anilines is 1. The first-order valence-corrected chi connectivity index (χ1v) is 8.91. The third kappa shape index (κ3) is 6.41. The Kier molecular flexibility index (Phi) is 7.81. The van der Waals surface area contributed by atoms with E-state index < -0.39 is 0 Å². The van der Waals surface area contributed by atoms with Crippen molar-refractivity contribution in [2.24, 2.45) is 5.10 Å². The van der Waals surface area contributed by atoms with Gasteiger partial charge in [-0.25, -0.2) is 5.43 Å². The van der Waals surface area contributed by atoms with Crippen molar-refractivity contribution in [3.05, 3.63) is 52.5 Å². The second kappa shape index (κ2) is 10.3. The van der Waals surface area contributed by atoms with Gasteiger partial charge in [-0.05, 0) is 45.8 Å². The first-order valence-electron chi connectivity index (χ1n) is 8.11. The molecule has 0 heterocycles. The summed E-state index contributed by atoms with van der Waals surface area (Å²) < 4.78 is 11.2. The Balaban J connectivity index is 1.83. The number of benzene rings is 2. The standard InChI is InChI=1S/C19H20BrN3O4/c1-26-16-11-13(10-15(20)19(16)27-2)12-21-23-18(25)9-8-17(24)22-14-6-4-3-5-7-14/h3-7,10-12H,8-9H2,1-2H3,(H,22,24)(H,23,25)/b21-12+. The van der Waals surface area contributed by atoms with Gasteiger partial charge >= 0.3 is 0 Å². The van der Waals surface area contributed by atoms with Gasteiger partial charge in [0.15, 0.2) is 11.5 Å². The number of rotatable bonds is 8. The molecule has 0 unspecified atom stereocenters. The van der Waals surface area contributed by atoms with Gasteiger partial charge in [0.2, 0.25) is 11.8 Å². The zero-order valence-corrected chi connectivity index (χ0v) is 16.6. The van der Waals surface area contributed by atoms with Gasteiger partial charge in [0.05, 0.1) is 24.9 Å². The fourth-order valence-electron chi connectivity index (χ4n) is 2.22. The second-order valence-corrected chi connectivity index (χ2v) is 6.30. The molecular formula is C19H20BrN3O4. The van der Waals surface area contributed by atoms with Crippen LogP contribution in [0.5, 0.6) is 11.5 Å². The lowest BCUT2D eigenvalue weighted by atomic mass is 10.2. The van der Waals surface area contributed by atoms with Crippen molar-refractivity contribution in [2.45, 2.75) is 12.8 Å². The van der Waals surface area contributed by atoms with Gasteiger partial charge in [-0.2, -0.15) is 5.10 Å². The number of ether oxygens (including phenoxy) is 2. The Morgan fingerprint density at radius 1 is 1.07 bits per heavy atom. The SMILES string of the molecule is COc1cc(/C=N/NC(=O)CCC(=O)Nc2ccccc2)cc(Br)c1OC. The van der Waals surface area contributed by atoms with Gasteiger partial charge in [0.25, 0.3) is 0 Å². The van der Waals surface area contributed by atoms with Gasteiger partial charge in [-0.1, -0.05) is 18.2 Å². The molecule has 8 heteroatoms. The van der Waals surface area contributed by atoms with Gasteiger partial charge in [0, 0.05) is 18.5 Å². The minimum absolute atomic E-state index is 0.0334. The van der Waals surface area contributed by atoms with Crippen LogP contribution in [0.25, 0.3) is 0 Å². The molecule has 0 bridgehead atoms. The van der Waals surface area contributed by atoms with E-state index in [2.05, 4.69) is 31.8 Å². The molecule has 2 rings (SSSR count). The molecule has 0 aromatic heterocycles. The molecule has 142 valence electrons. The van der Waals surface area contributed by atoms with E-state index in [0.29, 0.717) is 27.2 Å². The number of para-hydroxylation sites is 1. The molecule has 0 atom stereocenters. The van der Waals surface area contributed by atoms with E-state index in [1.54, 1.807) is 31.4 Å². The first-order chi connectivity index (χ1) is 13.0. The van der Waals surface area contributed by atoms with Crippen LogP contribution in [0, 0.1) is 0 Å². The maximum atomic E-state index is 11.8. The zero-order chi connectivity index (χ0) is 19.6. The molecule has 2 aromatic rings. The summed E-state index contributed by atoms with van der Waals surface area (Å²) in [6.45, 7) is 0. The molecule has 2 amide bonds. The number of hydrazone groups is 1. The summed E-state index contributed by atoms with van der Waals surface area (Å²) in [5, 5.41) is 6.62. The summed E-state index contributed by atoms with van der Waals surface area (Å²) in [6, 6.07) is 12.6. The number of carbonyl (C=O) groups excluding carboxylic acids is 2. The number of methoxy groups -OCH3 is 2. The van der Waals surface area contributed by atoms with Gasteiger partial charge in [0.1, 0.15) is 0 Å². The maximum Gasteiger partial charge on any atom is 0.240 e. The van der Waals surface area contributed by atoms with Crippen LogP contribution in [0.4, 0.5) is 5.69 Å². The normalized spacial score (nSPS) is 10.5. The number of amides is 2. The average Bonchev–Trinajstić information content (AvgIpc) is 2.66. The third-order valence-corrected chi connectivity index (χ3v) is 4.08. The number of nitrogens with one attached hydrogen (secondary N) is 2. The summed E-state index contributed by atoms with van der Waals surface area (Å²) in [4.78, 5) is 23.6. The van der Waals surface area contributed by atoms with Crippen molar-refractivity contribution < 1.29 is 19.1 Å². The highest BCUT2D eigenvalue weighted by Gasteiger charge is 2.10. The Bertz CT molecular complexity index is 825. The lowest BCUT2D eigenvalue weighted by Crippen LogP contribution is -2.20. The van der Waals surface area contributed by atoms with Crippen molar-refractivity contribution in [1.29, 1.82) is 0 Å². The second-order valence-electron chi connectivity index (χ2n) is 5.45. The molecule has 0 aliphatic rings. The summed E-state index contributed by atoms with van der Waals surface area (Å²) in [5.41, 5.74) is 3.80. The highest BCUT2D eigenvalue weighted by Crippen LogP contribution is 2.35. The van der Waals surface area contributed by atoms with E-state index in [1.807, 2.05) is 18.2 Å². The molecule has 7 nitrogen and oxygen atoms in total. The molecule has 2 N–H and O–H groups in total. The molecular weight excluding hydrogens is 414 g/mol. The Morgan fingerprint density at radius 3 is 2.44 bits per heavy atom. The predicted octanol–water partition coefficient (Wildman–Crippen LogP) is 3.34. The summed E-state index contributed by atoms with van der Waals surface area (Å²) in [5.74, 6) is 0.526. The van der Waals surface area contributed by atoms with Crippen molar-refractivity contribution in [3.8, 4) is 11.5 Å². The topological polar surface area (TPSA) is 89.0 Å². The fourth-order valence-corrected chi connectivity index (χ4v) is 2.84. The van der Waals surface area contributed by atoms with E-state index in [1.165, 1.54) is 13.3 Å². The molecule has 0 saturated carbocycles. The van der Waals surface area contributed by atoms with E-state index in [0.717, 1.165) is 0 Å². The largest absolute Gasteiger partial charge is 0.493 e. The molecule has 27 heavy (non-hydrogen) atoms. The Labute approximate surface area is 165 Å². The van der Waals surface area contributed by atoms with Gasteiger partial charge < -0.3 is 14.8 Å². The lowest BCUT2D eigenvalue weighted by molar-refractivity contribution is -0.124. The lowest BCUT2D eigenvalue weighted by Gasteiger charge is -2.10. The summed E-state index contributed by atoms with van der Waals surface area (Å²) >= 11 is 3.39. The van der Waals surface area contributed by atoms with Crippen LogP contribution in [-0.4, -0.2) is 32.2 Å². The number of carbonyl (C=O) groups is 2. The molecule has 0 fully saturated rings. The van der Waals surface area contributed by atoms with Crippen molar-refractivity contribution in [2.75, 3.05) is 19.5 Å². The van der Waals surface area contributed by atoms with Crippen molar-refractivity contribution >= 4 is 39.6 Å². The number of hydrogen-bond donors (Lipinski definition) is 2. The molecule has 0 aliphatic heterocycles. The summed E-state index contributed by atoms with van der Waals surface area (Å²) in [7, 11) is 3.08. The van der Waals surface area contributed by atoms with E-state index in [4.69, 9.17) is 9.47 Å². The van der Waals surface area contributed by atoms with Gasteiger partial charge in [-0.15, -0.1) is 0 Å².